The number of nitrogens with zero attached hydrogens (tertiary/aromatic N) is 2. The van der Waals surface area contributed by atoms with E-state index in [1.54, 1.807) is 6.20 Å². The molecule has 0 aliphatic rings. The van der Waals surface area contributed by atoms with Gasteiger partial charge in [0.15, 0.2) is 11.6 Å². The quantitative estimate of drug-likeness (QED) is 0.517. The molecule has 2 amide bonds. The summed E-state index contributed by atoms with van der Waals surface area (Å²) < 4.78 is 0.657. The molecule has 1 atom stereocenters. The molecule has 3 rings (SSSR count). The average molecular weight is 403 g/mol. The van der Waals surface area contributed by atoms with Gasteiger partial charge < -0.3 is 10.6 Å². The van der Waals surface area contributed by atoms with Crippen molar-refractivity contribution in [2.45, 2.75) is 19.9 Å². The number of pyridine rings is 1. The Kier molecular flexibility index (Phi) is 5.18. The number of aromatic amines is 1. The molecular formula is C17H19BrN6O. The maximum absolute atomic E-state index is 12.3. The summed E-state index contributed by atoms with van der Waals surface area (Å²) in [6, 6.07) is 9.33. The van der Waals surface area contributed by atoms with Crippen LogP contribution < -0.4 is 16.0 Å². The zero-order valence-electron chi connectivity index (χ0n) is 13.9. The predicted octanol–water partition coefficient (Wildman–Crippen LogP) is 4.03. The molecule has 8 heteroatoms. The van der Waals surface area contributed by atoms with Gasteiger partial charge in [0, 0.05) is 12.7 Å². The van der Waals surface area contributed by atoms with E-state index in [-0.39, 0.29) is 12.1 Å². The van der Waals surface area contributed by atoms with Gasteiger partial charge in [0.1, 0.15) is 0 Å². The van der Waals surface area contributed by atoms with Gasteiger partial charge in [0.05, 0.1) is 21.4 Å². The van der Waals surface area contributed by atoms with E-state index in [0.717, 1.165) is 28.8 Å². The summed E-state index contributed by atoms with van der Waals surface area (Å²) in [5.74, 6) is 1.16. The van der Waals surface area contributed by atoms with E-state index < -0.39 is 0 Å². The van der Waals surface area contributed by atoms with Crippen molar-refractivity contribution in [2.75, 3.05) is 17.2 Å². The molecule has 7 nitrogen and oxygen atoms in total. The van der Waals surface area contributed by atoms with E-state index in [1.165, 1.54) is 0 Å². The molecule has 0 aliphatic heterocycles. The maximum Gasteiger partial charge on any atom is 0.320 e. The molecule has 1 unspecified atom stereocenters. The molecule has 1 aromatic carbocycles. The number of benzene rings is 1. The molecule has 0 saturated carbocycles. The molecule has 0 fully saturated rings. The van der Waals surface area contributed by atoms with E-state index in [9.17, 15) is 4.79 Å². The summed E-state index contributed by atoms with van der Waals surface area (Å²) in [4.78, 5) is 16.6. The third kappa shape index (κ3) is 3.74. The van der Waals surface area contributed by atoms with Gasteiger partial charge in [-0.25, -0.2) is 9.78 Å². The number of fused-ring (bicyclic) bond motifs is 1. The van der Waals surface area contributed by atoms with E-state index in [2.05, 4.69) is 47.1 Å². The molecular weight excluding hydrogens is 384 g/mol. The summed E-state index contributed by atoms with van der Waals surface area (Å²) in [5.41, 5.74) is 1.81. The Hall–Kier alpha value is -2.61. The molecule has 2 aromatic heterocycles. The second-order valence-electron chi connectivity index (χ2n) is 5.54. The molecule has 0 aliphatic carbocycles. The van der Waals surface area contributed by atoms with Gasteiger partial charge >= 0.3 is 6.03 Å². The number of carbonyl (C=O) groups is 1. The van der Waals surface area contributed by atoms with Gasteiger partial charge in [-0.05, 0) is 35.3 Å². The fourth-order valence-electron chi connectivity index (χ4n) is 2.50. The highest BCUT2D eigenvalue weighted by molar-refractivity contribution is 9.10. The number of rotatable bonds is 5. The van der Waals surface area contributed by atoms with Gasteiger partial charge in [0.2, 0.25) is 0 Å². The maximum atomic E-state index is 12.3. The second kappa shape index (κ2) is 7.52. The summed E-state index contributed by atoms with van der Waals surface area (Å²) in [6.07, 6.45) is 1.68. The van der Waals surface area contributed by atoms with Crippen LogP contribution in [-0.4, -0.2) is 27.8 Å². The Morgan fingerprint density at radius 3 is 2.76 bits per heavy atom. The number of halogens is 1. The van der Waals surface area contributed by atoms with Gasteiger partial charge in [0.25, 0.3) is 0 Å². The van der Waals surface area contributed by atoms with Gasteiger partial charge in [-0.3, -0.25) is 10.4 Å². The molecule has 0 radical (unpaired) electrons. The van der Waals surface area contributed by atoms with Crippen molar-refractivity contribution in [2.24, 2.45) is 0 Å². The number of amides is 2. The van der Waals surface area contributed by atoms with E-state index >= 15 is 0 Å². The van der Waals surface area contributed by atoms with Gasteiger partial charge in [-0.1, -0.05) is 30.3 Å². The van der Waals surface area contributed by atoms with E-state index in [1.807, 2.05) is 44.2 Å². The monoisotopic (exact) mass is 402 g/mol. The van der Waals surface area contributed by atoms with Crippen molar-refractivity contribution in [3.8, 4) is 0 Å². The highest BCUT2D eigenvalue weighted by Crippen LogP contribution is 2.31. The first-order valence-electron chi connectivity index (χ1n) is 7.99. The van der Waals surface area contributed by atoms with Crippen LogP contribution in [0, 0.1) is 0 Å². The summed E-state index contributed by atoms with van der Waals surface area (Å²) in [5, 5.41) is 16.9. The van der Waals surface area contributed by atoms with Crippen LogP contribution >= 0.6 is 15.9 Å². The lowest BCUT2D eigenvalue weighted by atomic mass is 10.1. The largest absolute Gasteiger partial charge is 0.368 e. The van der Waals surface area contributed by atoms with Gasteiger partial charge in [-0.2, -0.15) is 5.10 Å². The first-order valence-corrected chi connectivity index (χ1v) is 8.78. The molecule has 25 heavy (non-hydrogen) atoms. The van der Waals surface area contributed by atoms with Crippen LogP contribution in [0.2, 0.25) is 0 Å². The zero-order chi connectivity index (χ0) is 17.8. The molecule has 3 aromatic rings. The summed E-state index contributed by atoms with van der Waals surface area (Å²) >= 11 is 3.48. The van der Waals surface area contributed by atoms with Crippen LogP contribution in [-0.2, 0) is 0 Å². The molecule has 2 heterocycles. The average Bonchev–Trinajstić information content (AvgIpc) is 3.02. The van der Waals surface area contributed by atoms with Crippen LogP contribution in [0.5, 0.6) is 0 Å². The molecule has 0 bridgehead atoms. The van der Waals surface area contributed by atoms with Gasteiger partial charge in [-0.15, -0.1) is 0 Å². The SMILES string of the molecule is CCNc1n[nH]c2c(Br)c(NC(=O)NC(C)c3ccccc3)ncc12. The lowest BCUT2D eigenvalue weighted by Crippen LogP contribution is -2.31. The first-order chi connectivity index (χ1) is 12.1. The fourth-order valence-corrected chi connectivity index (χ4v) is 3.01. The zero-order valence-corrected chi connectivity index (χ0v) is 15.5. The van der Waals surface area contributed by atoms with E-state index in [0.29, 0.717) is 10.3 Å². The van der Waals surface area contributed by atoms with Crippen molar-refractivity contribution < 1.29 is 4.79 Å². The number of carbonyl (C=O) groups excluding carboxylic acids is 1. The van der Waals surface area contributed by atoms with Crippen molar-refractivity contribution in [1.82, 2.24) is 20.5 Å². The van der Waals surface area contributed by atoms with Crippen molar-refractivity contribution in [3.05, 3.63) is 46.6 Å². The lowest BCUT2D eigenvalue weighted by Gasteiger charge is -2.15. The van der Waals surface area contributed by atoms with Crippen molar-refractivity contribution in [1.29, 1.82) is 0 Å². The third-order valence-electron chi connectivity index (χ3n) is 3.78. The number of nitrogens with one attached hydrogen (secondary N) is 4. The van der Waals surface area contributed by atoms with Crippen LogP contribution in [0.25, 0.3) is 10.9 Å². The van der Waals surface area contributed by atoms with Crippen LogP contribution in [0.4, 0.5) is 16.4 Å². The van der Waals surface area contributed by atoms with Crippen LogP contribution in [0.1, 0.15) is 25.5 Å². The Labute approximate surface area is 153 Å². The topological polar surface area (TPSA) is 94.7 Å². The van der Waals surface area contributed by atoms with Crippen molar-refractivity contribution in [3.63, 3.8) is 0 Å². The number of anilines is 2. The molecule has 130 valence electrons. The van der Waals surface area contributed by atoms with E-state index in [4.69, 9.17) is 0 Å². The predicted molar refractivity (Wildman–Crippen MR) is 103 cm³/mol. The molecule has 0 saturated heterocycles. The highest BCUT2D eigenvalue weighted by atomic mass is 79.9. The number of hydrogen-bond acceptors (Lipinski definition) is 4. The van der Waals surface area contributed by atoms with Crippen molar-refractivity contribution >= 4 is 44.5 Å². The molecule has 0 spiro atoms. The minimum atomic E-state index is -0.324. The van der Waals surface area contributed by atoms with Crippen LogP contribution in [0.3, 0.4) is 0 Å². The lowest BCUT2D eigenvalue weighted by molar-refractivity contribution is 0.249. The molecule has 4 N–H and O–H groups in total. The highest BCUT2D eigenvalue weighted by Gasteiger charge is 2.15. The summed E-state index contributed by atoms with van der Waals surface area (Å²) in [6.45, 7) is 4.69. The Morgan fingerprint density at radius 2 is 2.04 bits per heavy atom. The first kappa shape index (κ1) is 17.2. The standard InChI is InChI=1S/C17H19BrN6O/c1-3-19-15-12-9-20-16(13(18)14(12)23-24-15)22-17(25)21-10(2)11-7-5-4-6-8-11/h4-10H,3H2,1-2H3,(H2,19,23,24)(H2,20,21,22,25). The number of aromatic nitrogens is 3. The smallest absolute Gasteiger partial charge is 0.320 e. The minimum Gasteiger partial charge on any atom is -0.368 e. The Balaban J connectivity index is 1.74. The van der Waals surface area contributed by atoms with Crippen LogP contribution in [0.15, 0.2) is 41.0 Å². The third-order valence-corrected chi connectivity index (χ3v) is 4.55. The Morgan fingerprint density at radius 1 is 1.28 bits per heavy atom. The second-order valence-corrected chi connectivity index (χ2v) is 6.34. The summed E-state index contributed by atoms with van der Waals surface area (Å²) in [7, 11) is 0. The minimum absolute atomic E-state index is 0.115. The number of hydrogen-bond donors (Lipinski definition) is 4. The normalized spacial score (nSPS) is 12.0. The Bertz CT molecular complexity index is 879. The number of urea groups is 1. The fraction of sp³-hybridized carbons (Fsp3) is 0.235. The number of H-pyrrole nitrogens is 1.